The van der Waals surface area contributed by atoms with Gasteiger partial charge in [0.25, 0.3) is 0 Å². The molecule has 8 heteroatoms. The van der Waals surface area contributed by atoms with Crippen molar-refractivity contribution in [2.75, 3.05) is 0 Å². The predicted octanol–water partition coefficient (Wildman–Crippen LogP) is 10.2. The summed E-state index contributed by atoms with van der Waals surface area (Å²) in [5.74, 6) is -2.52. The highest BCUT2D eigenvalue weighted by Crippen LogP contribution is 2.50. The predicted molar refractivity (Wildman–Crippen MR) is 215 cm³/mol. The van der Waals surface area contributed by atoms with Crippen LogP contribution in [0, 0.1) is 22.7 Å². The highest BCUT2D eigenvalue weighted by Gasteiger charge is 2.36. The van der Waals surface area contributed by atoms with Crippen molar-refractivity contribution >= 4 is 67.7 Å². The van der Waals surface area contributed by atoms with Crippen molar-refractivity contribution in [3.8, 4) is 34.6 Å². The zero-order valence-corrected chi connectivity index (χ0v) is 29.7. The molecule has 1 aliphatic rings. The first kappa shape index (κ1) is 33.2. The number of hydrogen-bond donors (Lipinski definition) is 2. The van der Waals surface area contributed by atoms with Crippen LogP contribution in [-0.4, -0.2) is 31.3 Å². The van der Waals surface area contributed by atoms with Crippen molar-refractivity contribution in [3.63, 3.8) is 0 Å². The zero-order valence-electron chi connectivity index (χ0n) is 29.7. The molecule has 8 aromatic rings. The molecule has 0 radical (unpaired) electrons. The lowest BCUT2D eigenvalue weighted by Gasteiger charge is -2.23. The van der Waals surface area contributed by atoms with Crippen molar-refractivity contribution < 1.29 is 19.8 Å². The van der Waals surface area contributed by atoms with Crippen LogP contribution in [0.5, 0.6) is 0 Å². The fourth-order valence-electron chi connectivity index (χ4n) is 8.33. The maximum atomic E-state index is 11.6. The van der Waals surface area contributed by atoms with Crippen LogP contribution in [0.15, 0.2) is 132 Å². The number of aromatic nitrogens is 2. The van der Waals surface area contributed by atoms with Gasteiger partial charge in [-0.1, -0.05) is 74.5 Å². The summed E-state index contributed by atoms with van der Waals surface area (Å²) in [7, 11) is 0. The van der Waals surface area contributed by atoms with Gasteiger partial charge in [0, 0.05) is 38.3 Å². The Bertz CT molecular complexity index is 2950. The third-order valence-corrected chi connectivity index (χ3v) is 10.9. The van der Waals surface area contributed by atoms with E-state index in [4.69, 9.17) is 0 Å². The minimum absolute atomic E-state index is 0.320. The maximum absolute atomic E-state index is 11.6. The highest BCUT2D eigenvalue weighted by molar-refractivity contribution is 6.11. The minimum Gasteiger partial charge on any atom is -0.477 e. The number of nitrogens with zero attached hydrogens (tertiary/aromatic N) is 4. The van der Waals surface area contributed by atoms with E-state index in [2.05, 4.69) is 83.6 Å². The molecule has 0 fully saturated rings. The number of carboxylic acids is 2. The first-order valence-electron chi connectivity index (χ1n) is 17.7. The molecule has 262 valence electrons. The first-order chi connectivity index (χ1) is 26.6. The summed E-state index contributed by atoms with van der Waals surface area (Å²) in [6, 6.07) is 44.6. The number of benzene rings is 6. The van der Waals surface area contributed by atoms with E-state index in [-0.39, 0.29) is 16.6 Å². The maximum Gasteiger partial charge on any atom is 0.346 e. The van der Waals surface area contributed by atoms with Crippen LogP contribution in [-0.2, 0) is 15.0 Å². The van der Waals surface area contributed by atoms with E-state index in [9.17, 15) is 30.3 Å². The van der Waals surface area contributed by atoms with Gasteiger partial charge in [0.05, 0.1) is 22.1 Å². The molecule has 0 unspecified atom stereocenters. The van der Waals surface area contributed by atoms with Gasteiger partial charge in [-0.3, -0.25) is 0 Å². The molecule has 0 saturated carbocycles. The van der Waals surface area contributed by atoms with E-state index in [0.717, 1.165) is 55.0 Å². The molecule has 0 aliphatic heterocycles. The number of carboxylic acid groups (broad SMARTS) is 2. The number of fused-ring (bicyclic) bond motifs is 9. The summed E-state index contributed by atoms with van der Waals surface area (Å²) in [5, 5.41) is 41.5. The number of para-hydroxylation sites is 2. The molecule has 0 saturated heterocycles. The second kappa shape index (κ2) is 12.2. The summed E-state index contributed by atoms with van der Waals surface area (Å²) in [4.78, 5) is 23.1. The van der Waals surface area contributed by atoms with E-state index in [0.29, 0.717) is 11.1 Å². The Hall–Kier alpha value is -7.68. The van der Waals surface area contributed by atoms with Gasteiger partial charge in [-0.15, -0.1) is 0 Å². The fourth-order valence-corrected chi connectivity index (χ4v) is 8.33. The van der Waals surface area contributed by atoms with E-state index in [1.807, 2.05) is 60.7 Å². The second-order valence-corrected chi connectivity index (χ2v) is 14.3. The van der Waals surface area contributed by atoms with E-state index in [1.165, 1.54) is 34.4 Å². The smallest absolute Gasteiger partial charge is 0.346 e. The van der Waals surface area contributed by atoms with Gasteiger partial charge < -0.3 is 19.3 Å². The van der Waals surface area contributed by atoms with Crippen LogP contribution < -0.4 is 0 Å². The van der Waals surface area contributed by atoms with Gasteiger partial charge in [-0.05, 0) is 106 Å². The Morgan fingerprint density at radius 1 is 0.545 bits per heavy atom. The molecule has 0 atom stereocenters. The van der Waals surface area contributed by atoms with Crippen molar-refractivity contribution in [1.82, 2.24) is 9.13 Å². The first-order valence-corrected chi connectivity index (χ1v) is 17.7. The van der Waals surface area contributed by atoms with Crippen LogP contribution in [0.25, 0.3) is 78.3 Å². The Morgan fingerprint density at radius 3 is 1.35 bits per heavy atom. The summed E-state index contributed by atoms with van der Waals surface area (Å²) < 4.78 is 4.48. The van der Waals surface area contributed by atoms with Gasteiger partial charge in [-0.25, -0.2) is 9.59 Å². The number of aliphatic carboxylic acids is 2. The average molecular weight is 715 g/mol. The Morgan fingerprint density at radius 2 is 0.945 bits per heavy atom. The van der Waals surface area contributed by atoms with Crippen molar-refractivity contribution in [3.05, 3.63) is 155 Å². The Balaban J connectivity index is 1.17. The molecule has 0 spiro atoms. The topological polar surface area (TPSA) is 132 Å². The quantitative estimate of drug-likeness (QED) is 0.130. The van der Waals surface area contributed by atoms with Crippen LogP contribution in [0.4, 0.5) is 0 Å². The lowest BCUT2D eigenvalue weighted by molar-refractivity contribution is -0.133. The molecule has 9 rings (SSSR count). The lowest BCUT2D eigenvalue weighted by Crippen LogP contribution is -2.16. The molecule has 2 aromatic heterocycles. The SMILES string of the molecule is CC1(C)c2cc(-n3c4ccccc4c4cc(/C=C(\C#N)C(=O)O)ccc43)ccc2-c2ccc(-n3c4ccccc4c4cc(/C=C(\C#N)C(=O)O)ccc43)cc21. The van der Waals surface area contributed by atoms with Gasteiger partial charge >= 0.3 is 11.9 Å². The molecule has 6 aromatic carbocycles. The number of hydrogen-bond acceptors (Lipinski definition) is 4. The monoisotopic (exact) mass is 714 g/mol. The lowest BCUT2D eigenvalue weighted by atomic mass is 9.82. The fraction of sp³-hybridized carbons (Fsp3) is 0.0638. The molecule has 0 amide bonds. The molecule has 2 N–H and O–H groups in total. The summed E-state index contributed by atoms with van der Waals surface area (Å²) in [5.41, 5.74) is 11.0. The number of carbonyl (C=O) groups is 2. The van der Waals surface area contributed by atoms with E-state index < -0.39 is 11.9 Å². The van der Waals surface area contributed by atoms with E-state index >= 15 is 0 Å². The normalized spacial score (nSPS) is 13.5. The molecule has 1 aliphatic carbocycles. The Kier molecular flexibility index (Phi) is 7.36. The summed E-state index contributed by atoms with van der Waals surface area (Å²) in [6.45, 7) is 4.51. The number of rotatable bonds is 6. The average Bonchev–Trinajstić information content (AvgIpc) is 3.78. The molecule has 2 heterocycles. The largest absolute Gasteiger partial charge is 0.477 e. The number of nitriles is 2. The van der Waals surface area contributed by atoms with Crippen LogP contribution in [0.2, 0.25) is 0 Å². The summed E-state index contributed by atoms with van der Waals surface area (Å²) >= 11 is 0. The molecule has 55 heavy (non-hydrogen) atoms. The van der Waals surface area contributed by atoms with E-state index in [1.54, 1.807) is 12.1 Å². The van der Waals surface area contributed by atoms with Crippen molar-refractivity contribution in [1.29, 1.82) is 10.5 Å². The molecule has 0 bridgehead atoms. The standard InChI is InChI=1S/C47H30N4O4/c1-47(2)39-23-31(50-41-9-5-3-7-35(41)37-21-27(11-17-43(37)50)19-29(25-48)45(52)53)13-15-33(39)34-16-14-32(24-40(34)47)51-42-10-6-4-8-36(42)38-22-28(12-18-44(38)51)20-30(26-49)46(54)55/h3-24H,1-2H3,(H,52,53)(H,54,55)/b29-19+,30-20+. The third kappa shape index (κ3) is 5.04. The van der Waals surface area contributed by atoms with Crippen LogP contribution >= 0.6 is 0 Å². The molecular weight excluding hydrogens is 685 g/mol. The van der Waals surface area contributed by atoms with Crippen molar-refractivity contribution in [2.24, 2.45) is 0 Å². The summed E-state index contributed by atoms with van der Waals surface area (Å²) in [6.07, 6.45) is 2.80. The van der Waals surface area contributed by atoms with Gasteiger partial charge in [0.2, 0.25) is 0 Å². The Labute approximate surface area is 314 Å². The van der Waals surface area contributed by atoms with Crippen molar-refractivity contribution in [2.45, 2.75) is 19.3 Å². The van der Waals surface area contributed by atoms with Crippen LogP contribution in [0.1, 0.15) is 36.1 Å². The highest BCUT2D eigenvalue weighted by atomic mass is 16.4. The van der Waals surface area contributed by atoms with Gasteiger partial charge in [-0.2, -0.15) is 10.5 Å². The second-order valence-electron chi connectivity index (χ2n) is 14.3. The third-order valence-electron chi connectivity index (χ3n) is 10.9. The van der Waals surface area contributed by atoms with Gasteiger partial charge in [0.15, 0.2) is 0 Å². The molecule has 8 nitrogen and oxygen atoms in total. The van der Waals surface area contributed by atoms with Gasteiger partial charge in [0.1, 0.15) is 23.3 Å². The molecular formula is C47H30N4O4. The minimum atomic E-state index is -1.26. The zero-order chi connectivity index (χ0) is 38.2. The van der Waals surface area contributed by atoms with Crippen LogP contribution in [0.3, 0.4) is 0 Å².